The van der Waals surface area contributed by atoms with Crippen LogP contribution in [0.3, 0.4) is 0 Å². The monoisotopic (exact) mass is 375 g/mol. The van der Waals surface area contributed by atoms with Gasteiger partial charge in [-0.15, -0.1) is 0 Å². The first-order valence-corrected chi connectivity index (χ1v) is 9.09. The molecule has 2 heterocycles. The lowest BCUT2D eigenvalue weighted by molar-refractivity contribution is 0.0951. The van der Waals surface area contributed by atoms with Crippen LogP contribution in [0.5, 0.6) is 5.75 Å². The lowest BCUT2D eigenvalue weighted by atomic mass is 10.1. The fourth-order valence-corrected chi connectivity index (χ4v) is 3.02. The Bertz CT molecular complexity index is 972. The van der Waals surface area contributed by atoms with E-state index in [4.69, 9.17) is 15.2 Å². The number of hydrogen-bond donors (Lipinski definition) is 2. The summed E-state index contributed by atoms with van der Waals surface area (Å²) >= 11 is 0. The van der Waals surface area contributed by atoms with Crippen LogP contribution in [-0.2, 0) is 31.1 Å². The number of carbonyl (C=O) groups is 1. The van der Waals surface area contributed by atoms with Crippen molar-refractivity contribution in [1.29, 1.82) is 0 Å². The molecule has 1 aromatic heterocycles. The molecule has 2 aromatic carbocycles. The normalized spacial score (nSPS) is 12.4. The first-order valence-electron chi connectivity index (χ1n) is 9.09. The van der Waals surface area contributed by atoms with Gasteiger partial charge in [0.1, 0.15) is 18.2 Å². The van der Waals surface area contributed by atoms with Gasteiger partial charge in [-0.25, -0.2) is 4.98 Å². The number of ether oxygens (including phenoxy) is 2. The number of nitrogen functional groups attached to an aromatic ring is 1. The standard InChI is InChI=1S/C22H21N3O3/c23-21-19(10-17-13-27-14-20(17)25-21)22(26)24-11-15-6-8-18(9-7-15)28-12-16-4-2-1-3-5-16/h1-10H,11-14H2,(H2,23,25)(H,24,26). The van der Waals surface area contributed by atoms with Gasteiger partial charge in [-0.3, -0.25) is 4.79 Å². The molecule has 0 saturated carbocycles. The van der Waals surface area contributed by atoms with Crippen molar-refractivity contribution in [3.8, 4) is 5.75 Å². The van der Waals surface area contributed by atoms with Gasteiger partial charge >= 0.3 is 0 Å². The number of nitrogens with two attached hydrogens (primary N) is 1. The molecule has 0 aliphatic carbocycles. The van der Waals surface area contributed by atoms with Crippen LogP contribution in [0.4, 0.5) is 5.82 Å². The third-order valence-electron chi connectivity index (χ3n) is 4.59. The fraction of sp³-hybridized carbons (Fsp3) is 0.182. The summed E-state index contributed by atoms with van der Waals surface area (Å²) < 4.78 is 11.1. The van der Waals surface area contributed by atoms with Gasteiger partial charge in [-0.1, -0.05) is 42.5 Å². The number of fused-ring (bicyclic) bond motifs is 1. The van der Waals surface area contributed by atoms with Gasteiger partial charge in [0.05, 0.1) is 24.5 Å². The van der Waals surface area contributed by atoms with Crippen LogP contribution >= 0.6 is 0 Å². The molecule has 1 aliphatic heterocycles. The summed E-state index contributed by atoms with van der Waals surface area (Å²) in [7, 11) is 0. The molecule has 0 spiro atoms. The Morgan fingerprint density at radius 2 is 1.86 bits per heavy atom. The van der Waals surface area contributed by atoms with Crippen molar-refractivity contribution in [3.05, 3.63) is 88.6 Å². The molecule has 3 N–H and O–H groups in total. The summed E-state index contributed by atoms with van der Waals surface area (Å²) in [6, 6.07) is 19.4. The molecule has 0 unspecified atom stereocenters. The van der Waals surface area contributed by atoms with Gasteiger partial charge < -0.3 is 20.5 Å². The molecular weight excluding hydrogens is 354 g/mol. The number of nitrogens with one attached hydrogen (secondary N) is 1. The van der Waals surface area contributed by atoms with Crippen molar-refractivity contribution >= 4 is 11.7 Å². The summed E-state index contributed by atoms with van der Waals surface area (Å²) in [5.74, 6) is 0.765. The zero-order valence-corrected chi connectivity index (χ0v) is 15.4. The molecule has 3 aromatic rings. The molecule has 0 atom stereocenters. The molecule has 6 heteroatoms. The maximum absolute atomic E-state index is 12.5. The summed E-state index contributed by atoms with van der Waals surface area (Å²) in [6.45, 7) is 1.82. The molecular formula is C22H21N3O3. The van der Waals surface area contributed by atoms with E-state index in [1.54, 1.807) is 6.07 Å². The maximum Gasteiger partial charge on any atom is 0.255 e. The number of hydrogen-bond acceptors (Lipinski definition) is 5. The van der Waals surface area contributed by atoms with E-state index < -0.39 is 0 Å². The van der Waals surface area contributed by atoms with Crippen molar-refractivity contribution in [2.24, 2.45) is 0 Å². The Labute approximate surface area is 163 Å². The van der Waals surface area contributed by atoms with E-state index >= 15 is 0 Å². The molecule has 0 fully saturated rings. The minimum Gasteiger partial charge on any atom is -0.489 e. The summed E-state index contributed by atoms with van der Waals surface area (Å²) in [4.78, 5) is 16.7. The minimum absolute atomic E-state index is 0.228. The van der Waals surface area contributed by atoms with E-state index in [1.807, 2.05) is 54.6 Å². The highest BCUT2D eigenvalue weighted by molar-refractivity contribution is 5.98. The molecule has 28 heavy (non-hydrogen) atoms. The first kappa shape index (κ1) is 18.0. The van der Waals surface area contributed by atoms with Crippen molar-refractivity contribution < 1.29 is 14.3 Å². The predicted molar refractivity (Wildman–Crippen MR) is 106 cm³/mol. The highest BCUT2D eigenvalue weighted by Crippen LogP contribution is 2.22. The van der Waals surface area contributed by atoms with Gasteiger partial charge in [0, 0.05) is 12.1 Å². The van der Waals surface area contributed by atoms with E-state index in [-0.39, 0.29) is 11.7 Å². The number of anilines is 1. The summed E-state index contributed by atoms with van der Waals surface area (Å²) in [6.07, 6.45) is 0. The summed E-state index contributed by atoms with van der Waals surface area (Å²) in [5.41, 5.74) is 10.1. The number of nitrogens with zero attached hydrogens (tertiary/aromatic N) is 1. The number of carbonyl (C=O) groups excluding carboxylic acids is 1. The smallest absolute Gasteiger partial charge is 0.255 e. The second-order valence-corrected chi connectivity index (χ2v) is 6.62. The highest BCUT2D eigenvalue weighted by atomic mass is 16.5. The Hall–Kier alpha value is -3.38. The van der Waals surface area contributed by atoms with Gasteiger partial charge in [-0.05, 0) is 29.3 Å². The number of amides is 1. The molecule has 0 radical (unpaired) electrons. The lowest BCUT2D eigenvalue weighted by Gasteiger charge is -2.10. The molecule has 0 saturated heterocycles. The van der Waals surface area contributed by atoms with Crippen LogP contribution in [0.25, 0.3) is 0 Å². The lowest BCUT2D eigenvalue weighted by Crippen LogP contribution is -2.24. The quantitative estimate of drug-likeness (QED) is 0.691. The van der Waals surface area contributed by atoms with E-state index in [0.717, 1.165) is 28.1 Å². The average Bonchev–Trinajstić information content (AvgIpc) is 3.18. The van der Waals surface area contributed by atoms with E-state index in [0.29, 0.717) is 31.9 Å². The molecule has 1 aliphatic rings. The molecule has 0 bridgehead atoms. The third-order valence-corrected chi connectivity index (χ3v) is 4.59. The molecule has 4 rings (SSSR count). The zero-order valence-electron chi connectivity index (χ0n) is 15.4. The Kier molecular flexibility index (Phi) is 5.21. The van der Waals surface area contributed by atoms with Crippen LogP contribution < -0.4 is 15.8 Å². The van der Waals surface area contributed by atoms with Crippen LogP contribution in [0.15, 0.2) is 60.7 Å². The fourth-order valence-electron chi connectivity index (χ4n) is 3.02. The minimum atomic E-state index is -0.246. The third kappa shape index (κ3) is 4.13. The van der Waals surface area contributed by atoms with Crippen LogP contribution in [0.2, 0.25) is 0 Å². The Balaban J connectivity index is 1.33. The Morgan fingerprint density at radius 1 is 1.07 bits per heavy atom. The average molecular weight is 375 g/mol. The van der Waals surface area contributed by atoms with Crippen molar-refractivity contribution in [1.82, 2.24) is 10.3 Å². The summed E-state index contributed by atoms with van der Waals surface area (Å²) in [5, 5.41) is 2.88. The number of aromatic nitrogens is 1. The topological polar surface area (TPSA) is 86.5 Å². The van der Waals surface area contributed by atoms with Gasteiger partial charge in [0.2, 0.25) is 0 Å². The zero-order chi connectivity index (χ0) is 19.3. The molecule has 6 nitrogen and oxygen atoms in total. The number of pyridine rings is 1. The SMILES string of the molecule is Nc1nc2c(cc1C(=O)NCc1ccc(OCc3ccccc3)cc1)COC2. The largest absolute Gasteiger partial charge is 0.489 e. The molecule has 1 amide bonds. The van der Waals surface area contributed by atoms with Gasteiger partial charge in [-0.2, -0.15) is 0 Å². The second kappa shape index (κ2) is 8.10. The van der Waals surface area contributed by atoms with Crippen LogP contribution in [0, 0.1) is 0 Å². The van der Waals surface area contributed by atoms with E-state index in [2.05, 4.69) is 10.3 Å². The van der Waals surface area contributed by atoms with Crippen molar-refractivity contribution in [2.75, 3.05) is 5.73 Å². The van der Waals surface area contributed by atoms with E-state index in [1.165, 1.54) is 0 Å². The van der Waals surface area contributed by atoms with Crippen molar-refractivity contribution in [2.45, 2.75) is 26.4 Å². The number of benzene rings is 2. The number of rotatable bonds is 6. The van der Waals surface area contributed by atoms with E-state index in [9.17, 15) is 4.79 Å². The Morgan fingerprint density at radius 3 is 2.64 bits per heavy atom. The second-order valence-electron chi connectivity index (χ2n) is 6.62. The van der Waals surface area contributed by atoms with Gasteiger partial charge in [0.15, 0.2) is 0 Å². The van der Waals surface area contributed by atoms with Crippen molar-refractivity contribution in [3.63, 3.8) is 0 Å². The first-order chi connectivity index (χ1) is 13.7. The van der Waals surface area contributed by atoms with Gasteiger partial charge in [0.25, 0.3) is 5.91 Å². The molecule has 142 valence electrons. The van der Waals surface area contributed by atoms with Crippen LogP contribution in [-0.4, -0.2) is 10.9 Å². The van der Waals surface area contributed by atoms with Crippen LogP contribution in [0.1, 0.15) is 32.7 Å². The highest BCUT2D eigenvalue weighted by Gasteiger charge is 2.19. The maximum atomic E-state index is 12.5. The predicted octanol–water partition coefficient (Wildman–Crippen LogP) is 3.20.